The van der Waals surface area contributed by atoms with Crippen LogP contribution in [0.2, 0.25) is 0 Å². The van der Waals surface area contributed by atoms with Crippen LogP contribution in [0.4, 0.5) is 0 Å². The smallest absolute Gasteiger partial charge is 0.317 e. The number of amides is 1. The summed E-state index contributed by atoms with van der Waals surface area (Å²) in [4.78, 5) is 44.5. The van der Waals surface area contributed by atoms with Gasteiger partial charge in [-0.1, -0.05) is 6.92 Å². The van der Waals surface area contributed by atoms with Crippen molar-refractivity contribution >= 4 is 70.7 Å². The van der Waals surface area contributed by atoms with Gasteiger partial charge in [0.05, 0.1) is 51.3 Å². The van der Waals surface area contributed by atoms with Gasteiger partial charge < -0.3 is 131 Å². The van der Waals surface area contributed by atoms with Crippen LogP contribution in [0.5, 0.6) is 0 Å². The van der Waals surface area contributed by atoms with E-state index in [1.807, 2.05) is 11.9 Å². The molecule has 0 saturated carbocycles. The maximum atomic E-state index is 12.7. The molecule has 4 aliphatic rings. The molecule has 32 nitrogen and oxygen atoms in total. The van der Waals surface area contributed by atoms with Gasteiger partial charge in [0, 0.05) is 82.9 Å². The molecule has 4 heterocycles. The van der Waals surface area contributed by atoms with Crippen molar-refractivity contribution in [3.8, 4) is 0 Å². The minimum atomic E-state index is -1.71. The topological polar surface area (TPSA) is 483 Å². The molecule has 36 heteroatoms. The Kier molecular flexibility index (Phi) is 39.7. The largest absolute Gasteiger partial charge is 0.480 e. The zero-order valence-corrected chi connectivity index (χ0v) is 54.7. The number of nitrogens with one attached hydrogen (secondary N) is 1. The lowest BCUT2D eigenvalue weighted by atomic mass is 9.96. The van der Waals surface area contributed by atoms with Crippen LogP contribution < -0.4 is 16.8 Å². The Balaban J connectivity index is 1.23. The zero-order chi connectivity index (χ0) is 66.3. The molecule has 0 radical (unpaired) electrons. The fourth-order valence-electron chi connectivity index (χ4n) is 9.73. The standard InChI is InChI=1S/C54H101N7O25S4/c1-4-31-39(68)45(74)49(79-17-7-20-88-22-9-57-35(56)30-90-54-47(76)43(72)40(69)32(27-62)86-54)52(84-31)82-29-34-42(71)46(75)50(80-16-6-18-87-21-8-55)53(85-34)81-28-33-41(70)44(73)48(51(77)83-33)78-15-5-19-89-23-10-58-36(63)24-61(26-38(66)67)14-13-59(2)11-12-60(3)25-37(64)65/h31-34,39-54,62,68-77H,4-30,55H2,1-3H3,(H2,56,57)(H,58,63)(H,64,65)(H,66,67)/t31?,32?,33?,34?,39-,40-,41-,42-,43?,44+,45+,46+,47-,48?,49?,50?,51+,52+,53+,54-/m1/s1. The number of carbonyl (C=O) groups excluding carboxylic acids is 1. The quantitative estimate of drug-likeness (QED) is 0.0153. The molecule has 4 aliphatic heterocycles. The number of carboxylic acids is 2. The summed E-state index contributed by atoms with van der Waals surface area (Å²) in [7, 11) is 3.52. The van der Waals surface area contributed by atoms with Crippen molar-refractivity contribution in [2.75, 3.05) is 159 Å². The predicted molar refractivity (Wildman–Crippen MR) is 333 cm³/mol. The van der Waals surface area contributed by atoms with Crippen LogP contribution in [0.1, 0.15) is 32.6 Å². The number of aliphatic hydroxyl groups is 11. The summed E-state index contributed by atoms with van der Waals surface area (Å²) in [5.74, 6) is 1.73. The van der Waals surface area contributed by atoms with Crippen LogP contribution in [0, 0.1) is 0 Å². The number of thioether (sulfide) groups is 4. The number of aliphatic imine (C=N–C) groups is 1. The Morgan fingerprint density at radius 2 is 1.06 bits per heavy atom. The number of aliphatic hydroxyl groups excluding tert-OH is 11. The van der Waals surface area contributed by atoms with Gasteiger partial charge in [0.1, 0.15) is 103 Å². The average molecular weight is 1380 g/mol. The minimum Gasteiger partial charge on any atom is -0.480 e. The van der Waals surface area contributed by atoms with E-state index in [0.717, 1.165) is 17.5 Å². The van der Waals surface area contributed by atoms with Gasteiger partial charge in [-0.2, -0.15) is 35.3 Å². The number of carboxylic acid groups (broad SMARTS) is 2. The lowest BCUT2D eigenvalue weighted by Gasteiger charge is -2.45. The van der Waals surface area contributed by atoms with Gasteiger partial charge in [-0.05, 0) is 57.0 Å². The molecule has 4 saturated heterocycles. The molecule has 20 atom stereocenters. The van der Waals surface area contributed by atoms with Crippen molar-refractivity contribution < 1.29 is 123 Å². The van der Waals surface area contributed by atoms with E-state index in [1.54, 1.807) is 42.4 Å². The SMILES string of the molecule is CCC1O[C@H](OCC2O[C@H](OCC3O[C@H](O)C(OCCCSCCNC(=O)CN(CCN(C)CCN(C)CC(=O)O)CC(=O)O)[C@@H](O)[C@@H]3O)C(OCCCSCCN)[C@@H](O)[C@@H]2O)C(OCCCSCCN=C(N)CS[C@H]2OC(CO)[C@@H](O)C(O)[C@H]2O)[C@@H](O)[C@@H]1O. The molecule has 526 valence electrons. The van der Waals surface area contributed by atoms with Gasteiger partial charge in [0.15, 0.2) is 18.9 Å². The molecule has 0 aromatic carbocycles. The summed E-state index contributed by atoms with van der Waals surface area (Å²) in [5.41, 5.74) is 10.7. The number of nitrogens with two attached hydrogens (primary N) is 2. The normalized spacial score (nSPS) is 32.7. The van der Waals surface area contributed by atoms with Gasteiger partial charge in [-0.25, -0.2) is 0 Å². The maximum absolute atomic E-state index is 12.7. The van der Waals surface area contributed by atoms with E-state index < -0.39 is 154 Å². The molecule has 8 unspecified atom stereocenters. The predicted octanol–water partition coefficient (Wildman–Crippen LogP) is -6.41. The van der Waals surface area contributed by atoms with E-state index in [0.29, 0.717) is 100 Å². The van der Waals surface area contributed by atoms with Crippen LogP contribution in [-0.4, -0.2) is 386 Å². The monoisotopic (exact) mass is 1380 g/mol. The van der Waals surface area contributed by atoms with Crippen molar-refractivity contribution in [1.82, 2.24) is 20.0 Å². The number of likely N-dealkylation sites (N-methyl/N-ethyl adjacent to an activating group) is 2. The first-order valence-corrected chi connectivity index (χ1v) is 34.8. The Labute approximate surface area is 542 Å². The summed E-state index contributed by atoms with van der Waals surface area (Å²) >= 11 is 5.72. The second-order valence-corrected chi connectivity index (χ2v) is 26.9. The van der Waals surface area contributed by atoms with Gasteiger partial charge >= 0.3 is 11.9 Å². The number of hydrogen-bond donors (Lipinski definition) is 16. The number of hydrogen-bond acceptors (Lipinski definition) is 32. The highest BCUT2D eigenvalue weighted by molar-refractivity contribution is 8.00. The van der Waals surface area contributed by atoms with Gasteiger partial charge in [-0.3, -0.25) is 29.2 Å². The molecular weight excluding hydrogens is 1270 g/mol. The number of rotatable bonds is 46. The van der Waals surface area contributed by atoms with E-state index in [2.05, 4.69) is 10.3 Å². The first kappa shape index (κ1) is 80.8. The summed E-state index contributed by atoms with van der Waals surface area (Å²) in [6.07, 6.45) is -24.7. The second-order valence-electron chi connectivity index (χ2n) is 22.1. The Morgan fingerprint density at radius 1 is 0.556 bits per heavy atom. The maximum Gasteiger partial charge on any atom is 0.317 e. The van der Waals surface area contributed by atoms with Crippen LogP contribution in [0.15, 0.2) is 4.99 Å². The molecule has 18 N–H and O–H groups in total. The third-order valence-corrected chi connectivity index (χ3v) is 19.3. The molecule has 4 fully saturated rings. The summed E-state index contributed by atoms with van der Waals surface area (Å²) in [5, 5.41) is 139. The van der Waals surface area contributed by atoms with Crippen LogP contribution in [-0.2, 0) is 57.0 Å². The lowest BCUT2D eigenvalue weighted by Crippen LogP contribution is -2.63. The zero-order valence-electron chi connectivity index (χ0n) is 51.4. The molecule has 0 spiro atoms. The van der Waals surface area contributed by atoms with Gasteiger partial charge in [0.25, 0.3) is 0 Å². The first-order valence-electron chi connectivity index (χ1n) is 30.3. The number of ether oxygens (including phenoxy) is 9. The molecular formula is C54H101N7O25S4. The van der Waals surface area contributed by atoms with Crippen LogP contribution in [0.3, 0.4) is 0 Å². The Morgan fingerprint density at radius 3 is 1.62 bits per heavy atom. The van der Waals surface area contributed by atoms with Crippen molar-refractivity contribution in [1.29, 1.82) is 0 Å². The minimum absolute atomic E-state index is 0.0582. The highest BCUT2D eigenvalue weighted by atomic mass is 32.2. The molecule has 4 rings (SSSR count). The van der Waals surface area contributed by atoms with Crippen molar-refractivity contribution in [2.45, 2.75) is 155 Å². The number of aliphatic carboxylic acids is 2. The molecule has 1 amide bonds. The van der Waals surface area contributed by atoms with Crippen molar-refractivity contribution in [2.24, 2.45) is 16.5 Å². The van der Waals surface area contributed by atoms with E-state index in [-0.39, 0.29) is 57.0 Å². The van der Waals surface area contributed by atoms with E-state index in [9.17, 15) is 75.7 Å². The third-order valence-electron chi connectivity index (χ3n) is 14.9. The molecule has 0 aromatic rings. The Hall–Kier alpha value is -1.68. The van der Waals surface area contributed by atoms with Gasteiger partial charge in [0.2, 0.25) is 5.91 Å². The second kappa shape index (κ2) is 44.2. The fraction of sp³-hybridized carbons (Fsp3) is 0.926. The molecule has 0 aromatic heterocycles. The van der Waals surface area contributed by atoms with E-state index in [1.165, 1.54) is 16.7 Å². The number of carbonyl (C=O) groups is 3. The first-order chi connectivity index (χ1) is 43.0. The molecule has 0 bridgehead atoms. The van der Waals surface area contributed by atoms with Crippen LogP contribution >= 0.6 is 47.0 Å². The highest BCUT2D eigenvalue weighted by Gasteiger charge is 2.51. The fourth-order valence-corrected chi connectivity index (χ4v) is 12.9. The van der Waals surface area contributed by atoms with E-state index in [4.69, 9.17) is 59.2 Å². The summed E-state index contributed by atoms with van der Waals surface area (Å²) < 4.78 is 53.4. The van der Waals surface area contributed by atoms with E-state index >= 15 is 0 Å². The van der Waals surface area contributed by atoms with Gasteiger partial charge in [-0.15, -0.1) is 11.8 Å². The molecule has 0 aliphatic carbocycles. The lowest BCUT2D eigenvalue weighted by molar-refractivity contribution is -0.346. The summed E-state index contributed by atoms with van der Waals surface area (Å²) in [6, 6.07) is 0. The third kappa shape index (κ3) is 28.2. The highest BCUT2D eigenvalue weighted by Crippen LogP contribution is 2.32. The molecule has 90 heavy (non-hydrogen) atoms. The number of nitrogens with zero attached hydrogens (tertiary/aromatic N) is 4. The Bertz CT molecular complexity index is 2040. The van der Waals surface area contributed by atoms with Crippen LogP contribution in [0.25, 0.3) is 0 Å². The number of amidine groups is 1. The summed E-state index contributed by atoms with van der Waals surface area (Å²) in [6.45, 7) is 2.93. The van der Waals surface area contributed by atoms with Crippen molar-refractivity contribution in [3.05, 3.63) is 0 Å². The average Bonchev–Trinajstić information content (AvgIpc) is 1.14. The van der Waals surface area contributed by atoms with Crippen molar-refractivity contribution in [3.63, 3.8) is 0 Å².